The van der Waals surface area contributed by atoms with Crippen molar-refractivity contribution in [3.05, 3.63) is 0 Å². The molecule has 21 heavy (non-hydrogen) atoms. The fourth-order valence-electron chi connectivity index (χ4n) is 3.47. The van der Waals surface area contributed by atoms with Gasteiger partial charge in [0.1, 0.15) is 0 Å². The Bertz CT molecular complexity index is 321. The normalized spacial score (nSPS) is 18.8. The number of rotatable bonds is 8. The number of carbonyl (C=O) groups excluding carboxylic acids is 2. The molecule has 0 spiro atoms. The summed E-state index contributed by atoms with van der Waals surface area (Å²) < 4.78 is 9.83. The van der Waals surface area contributed by atoms with Gasteiger partial charge < -0.3 is 9.47 Å². The number of hydrogen-bond acceptors (Lipinski definition) is 4. The van der Waals surface area contributed by atoms with Crippen molar-refractivity contribution in [2.75, 3.05) is 14.2 Å². The minimum absolute atomic E-state index is 0.172. The van der Waals surface area contributed by atoms with Crippen LogP contribution >= 0.6 is 0 Å². The third-order valence-corrected chi connectivity index (χ3v) is 4.62. The Morgan fingerprint density at radius 2 is 1.57 bits per heavy atom. The molecule has 1 aliphatic carbocycles. The smallest absolute Gasteiger partial charge is 0.308 e. The van der Waals surface area contributed by atoms with Crippen molar-refractivity contribution >= 4 is 11.9 Å². The molecule has 1 fully saturated rings. The van der Waals surface area contributed by atoms with Crippen molar-refractivity contribution in [1.82, 2.24) is 0 Å². The Hall–Kier alpha value is -1.06. The quantitative estimate of drug-likeness (QED) is 0.641. The third-order valence-electron chi connectivity index (χ3n) is 4.62. The maximum Gasteiger partial charge on any atom is 0.308 e. The molecule has 0 saturated heterocycles. The molecule has 0 N–H and O–H groups in total. The molecule has 0 aromatic carbocycles. The van der Waals surface area contributed by atoms with Gasteiger partial charge in [0.15, 0.2) is 0 Å². The van der Waals surface area contributed by atoms with Gasteiger partial charge in [0.05, 0.1) is 26.1 Å². The molecule has 0 aromatic rings. The molecule has 4 nitrogen and oxygen atoms in total. The highest BCUT2D eigenvalue weighted by molar-refractivity contribution is 5.75. The van der Waals surface area contributed by atoms with Gasteiger partial charge in [-0.1, -0.05) is 45.4 Å². The van der Waals surface area contributed by atoms with E-state index < -0.39 is 0 Å². The number of carbonyl (C=O) groups is 2. The molecule has 0 aliphatic heterocycles. The van der Waals surface area contributed by atoms with Crippen LogP contribution in [0.25, 0.3) is 0 Å². The fraction of sp³-hybridized carbons (Fsp3) is 0.882. The van der Waals surface area contributed by atoms with Gasteiger partial charge >= 0.3 is 11.9 Å². The minimum atomic E-state index is -0.200. The maximum absolute atomic E-state index is 12.1. The van der Waals surface area contributed by atoms with E-state index in [0.29, 0.717) is 12.3 Å². The molecular weight excluding hydrogens is 268 g/mol. The van der Waals surface area contributed by atoms with Crippen LogP contribution in [0.4, 0.5) is 0 Å². The van der Waals surface area contributed by atoms with E-state index in [4.69, 9.17) is 9.47 Å². The Kier molecular flexibility index (Phi) is 8.40. The second-order valence-corrected chi connectivity index (χ2v) is 6.20. The van der Waals surface area contributed by atoms with Crippen molar-refractivity contribution in [3.63, 3.8) is 0 Å². The summed E-state index contributed by atoms with van der Waals surface area (Å²) in [6.07, 6.45) is 9.31. The minimum Gasteiger partial charge on any atom is -0.469 e. The maximum atomic E-state index is 12.1. The van der Waals surface area contributed by atoms with Gasteiger partial charge in [-0.3, -0.25) is 9.59 Å². The first-order valence-corrected chi connectivity index (χ1v) is 8.28. The first kappa shape index (κ1) is 18.0. The Morgan fingerprint density at radius 1 is 1.00 bits per heavy atom. The fourth-order valence-corrected chi connectivity index (χ4v) is 3.47. The Labute approximate surface area is 128 Å². The average molecular weight is 298 g/mol. The first-order valence-electron chi connectivity index (χ1n) is 8.28. The molecular formula is C17H30O4. The number of methoxy groups -OCH3 is 2. The molecule has 122 valence electrons. The third kappa shape index (κ3) is 6.06. The highest BCUT2D eigenvalue weighted by atomic mass is 16.5. The molecule has 0 heterocycles. The second-order valence-electron chi connectivity index (χ2n) is 6.20. The zero-order chi connectivity index (χ0) is 15.7. The lowest BCUT2D eigenvalue weighted by atomic mass is 9.79. The van der Waals surface area contributed by atoms with Gasteiger partial charge in [-0.05, 0) is 25.2 Å². The summed E-state index contributed by atoms with van der Waals surface area (Å²) in [4.78, 5) is 23.9. The summed E-state index contributed by atoms with van der Waals surface area (Å²) >= 11 is 0. The van der Waals surface area contributed by atoms with Crippen LogP contribution in [0.2, 0.25) is 0 Å². The van der Waals surface area contributed by atoms with Gasteiger partial charge in [-0.15, -0.1) is 0 Å². The lowest BCUT2D eigenvalue weighted by Crippen LogP contribution is -2.27. The molecule has 4 heteroatoms. The summed E-state index contributed by atoms with van der Waals surface area (Å²) in [5.74, 6) is -0.135. The zero-order valence-electron chi connectivity index (χ0n) is 13.7. The van der Waals surface area contributed by atoms with Crippen LogP contribution in [0.3, 0.4) is 0 Å². The molecule has 1 aliphatic rings. The molecule has 1 rings (SSSR count). The SMILES string of the molecule is CCC[C@H](C[C@@H](CC1CCCCC1)C(=O)OC)C(=O)OC. The van der Waals surface area contributed by atoms with E-state index in [1.807, 2.05) is 6.92 Å². The summed E-state index contributed by atoms with van der Waals surface area (Å²) in [5, 5.41) is 0. The molecule has 0 bridgehead atoms. The average Bonchev–Trinajstić information content (AvgIpc) is 2.53. The Balaban J connectivity index is 2.66. The summed E-state index contributed by atoms with van der Waals surface area (Å²) in [5.41, 5.74) is 0. The van der Waals surface area contributed by atoms with Crippen molar-refractivity contribution in [3.8, 4) is 0 Å². The van der Waals surface area contributed by atoms with Crippen LogP contribution in [0.15, 0.2) is 0 Å². The number of esters is 2. The van der Waals surface area contributed by atoms with Crippen LogP contribution in [-0.2, 0) is 19.1 Å². The topological polar surface area (TPSA) is 52.6 Å². The van der Waals surface area contributed by atoms with Crippen molar-refractivity contribution in [1.29, 1.82) is 0 Å². The predicted molar refractivity (Wildman–Crippen MR) is 81.7 cm³/mol. The van der Waals surface area contributed by atoms with E-state index in [1.165, 1.54) is 46.3 Å². The standard InChI is InChI=1S/C17H30O4/c1-4-8-14(16(18)20-2)12-15(17(19)21-3)11-13-9-6-5-7-10-13/h13-15H,4-12H2,1-3H3/t14-,15-/m1/s1. The molecule has 0 aromatic heterocycles. The Morgan fingerprint density at radius 3 is 2.10 bits per heavy atom. The largest absolute Gasteiger partial charge is 0.469 e. The molecule has 0 radical (unpaired) electrons. The van der Waals surface area contributed by atoms with Crippen molar-refractivity contribution in [2.24, 2.45) is 17.8 Å². The van der Waals surface area contributed by atoms with Crippen molar-refractivity contribution in [2.45, 2.75) is 64.7 Å². The lowest BCUT2D eigenvalue weighted by Gasteiger charge is -2.27. The van der Waals surface area contributed by atoms with E-state index in [1.54, 1.807) is 0 Å². The van der Waals surface area contributed by atoms with Gasteiger partial charge in [-0.2, -0.15) is 0 Å². The molecule has 0 amide bonds. The van der Waals surface area contributed by atoms with Crippen LogP contribution in [0.1, 0.15) is 64.7 Å². The van der Waals surface area contributed by atoms with Crippen LogP contribution < -0.4 is 0 Å². The first-order chi connectivity index (χ1) is 10.1. The predicted octanol–water partition coefficient (Wildman–Crippen LogP) is 3.73. The van der Waals surface area contributed by atoms with Gasteiger partial charge in [0, 0.05) is 0 Å². The zero-order valence-corrected chi connectivity index (χ0v) is 13.7. The van der Waals surface area contributed by atoms with E-state index in [-0.39, 0.29) is 23.8 Å². The summed E-state index contributed by atoms with van der Waals surface area (Å²) in [6.45, 7) is 2.05. The second kappa shape index (κ2) is 9.80. The van der Waals surface area contributed by atoms with Gasteiger partial charge in [0.25, 0.3) is 0 Å². The number of ether oxygens (including phenoxy) is 2. The lowest BCUT2D eigenvalue weighted by molar-refractivity contribution is -0.150. The summed E-state index contributed by atoms with van der Waals surface area (Å²) in [7, 11) is 2.85. The molecule has 2 atom stereocenters. The summed E-state index contributed by atoms with van der Waals surface area (Å²) in [6, 6.07) is 0. The van der Waals surface area contributed by atoms with E-state index in [0.717, 1.165) is 19.3 Å². The van der Waals surface area contributed by atoms with E-state index >= 15 is 0 Å². The van der Waals surface area contributed by atoms with Gasteiger partial charge in [-0.25, -0.2) is 0 Å². The molecule has 0 unspecified atom stereocenters. The number of hydrogen-bond donors (Lipinski definition) is 0. The highest BCUT2D eigenvalue weighted by Crippen LogP contribution is 2.32. The highest BCUT2D eigenvalue weighted by Gasteiger charge is 2.30. The van der Waals surface area contributed by atoms with Crippen LogP contribution in [-0.4, -0.2) is 26.2 Å². The monoisotopic (exact) mass is 298 g/mol. The van der Waals surface area contributed by atoms with E-state index in [9.17, 15) is 9.59 Å². The van der Waals surface area contributed by atoms with Crippen LogP contribution in [0, 0.1) is 17.8 Å². The van der Waals surface area contributed by atoms with Crippen molar-refractivity contribution < 1.29 is 19.1 Å². The van der Waals surface area contributed by atoms with Gasteiger partial charge in [0.2, 0.25) is 0 Å². The van der Waals surface area contributed by atoms with Crippen LogP contribution in [0.5, 0.6) is 0 Å². The van der Waals surface area contributed by atoms with E-state index in [2.05, 4.69) is 0 Å². The molecule has 1 saturated carbocycles.